The molecule has 0 spiro atoms. The number of quaternary nitrogens is 1. The number of piperidine rings is 1. The van der Waals surface area contributed by atoms with E-state index < -0.39 is 5.97 Å². The lowest BCUT2D eigenvalue weighted by Crippen LogP contribution is -3.17. The molecular weight excluding hydrogens is 230 g/mol. The molecule has 18 heavy (non-hydrogen) atoms. The average molecular weight is 249 g/mol. The van der Waals surface area contributed by atoms with Crippen LogP contribution in [0.2, 0.25) is 0 Å². The van der Waals surface area contributed by atoms with Crippen LogP contribution >= 0.6 is 0 Å². The van der Waals surface area contributed by atoms with Gasteiger partial charge in [-0.3, -0.25) is 0 Å². The molecule has 1 aliphatic rings. The first-order chi connectivity index (χ1) is 8.70. The average Bonchev–Trinajstić information content (AvgIpc) is 2.40. The minimum Gasteiger partial charge on any atom is -0.544 e. The van der Waals surface area contributed by atoms with Gasteiger partial charge in [0, 0.05) is 12.0 Å². The van der Waals surface area contributed by atoms with E-state index in [9.17, 15) is 9.90 Å². The molecule has 1 aliphatic heterocycles. The molecule has 1 fully saturated rings. The van der Waals surface area contributed by atoms with E-state index in [1.54, 1.807) is 7.11 Å². The van der Waals surface area contributed by atoms with Crippen LogP contribution in [0.15, 0.2) is 24.3 Å². The van der Waals surface area contributed by atoms with Gasteiger partial charge in [0.15, 0.2) is 0 Å². The zero-order valence-electron chi connectivity index (χ0n) is 10.6. The van der Waals surface area contributed by atoms with Crippen LogP contribution < -0.4 is 14.7 Å². The summed E-state index contributed by atoms with van der Waals surface area (Å²) in [6.07, 6.45) is 2.81. The predicted octanol–water partition coefficient (Wildman–Crippen LogP) is -0.617. The Hall–Kier alpha value is -1.55. The van der Waals surface area contributed by atoms with Crippen molar-refractivity contribution < 1.29 is 19.5 Å². The summed E-state index contributed by atoms with van der Waals surface area (Å²) in [5, 5.41) is 11.1. The molecular formula is C14H19NO3. The molecule has 1 unspecified atom stereocenters. The van der Waals surface area contributed by atoms with Gasteiger partial charge in [0.25, 0.3) is 0 Å². The smallest absolute Gasteiger partial charge is 0.128 e. The summed E-state index contributed by atoms with van der Waals surface area (Å²) in [6, 6.07) is 7.44. The second-order valence-corrected chi connectivity index (χ2v) is 4.80. The van der Waals surface area contributed by atoms with Gasteiger partial charge in [-0.25, -0.2) is 0 Å². The quantitative estimate of drug-likeness (QED) is 0.774. The van der Waals surface area contributed by atoms with Crippen LogP contribution in [0.25, 0.3) is 0 Å². The van der Waals surface area contributed by atoms with E-state index >= 15 is 0 Å². The molecule has 0 bridgehead atoms. The van der Waals surface area contributed by atoms with Crippen molar-refractivity contribution in [2.45, 2.75) is 31.8 Å². The van der Waals surface area contributed by atoms with Crippen LogP contribution in [0.3, 0.4) is 0 Å². The van der Waals surface area contributed by atoms with Crippen molar-refractivity contribution in [3.8, 4) is 5.75 Å². The van der Waals surface area contributed by atoms with E-state index in [2.05, 4.69) is 0 Å². The highest BCUT2D eigenvalue weighted by Crippen LogP contribution is 2.11. The number of carboxylic acid groups (broad SMARTS) is 1. The third kappa shape index (κ3) is 3.01. The second kappa shape index (κ2) is 5.87. The molecule has 1 N–H and O–H groups in total. The molecule has 0 aromatic heterocycles. The first kappa shape index (κ1) is 12.9. The maximum atomic E-state index is 11.1. The zero-order valence-corrected chi connectivity index (χ0v) is 10.6. The minimum atomic E-state index is -0.918. The largest absolute Gasteiger partial charge is 0.544 e. The van der Waals surface area contributed by atoms with E-state index in [-0.39, 0.29) is 6.04 Å². The third-order valence-corrected chi connectivity index (χ3v) is 3.61. The van der Waals surface area contributed by atoms with Crippen LogP contribution in [0.5, 0.6) is 5.75 Å². The van der Waals surface area contributed by atoms with Gasteiger partial charge >= 0.3 is 0 Å². The third-order valence-electron chi connectivity index (χ3n) is 3.61. The molecule has 2 atom stereocenters. The molecule has 1 heterocycles. The van der Waals surface area contributed by atoms with E-state index in [0.29, 0.717) is 0 Å². The van der Waals surface area contributed by atoms with Crippen molar-refractivity contribution in [1.82, 2.24) is 0 Å². The number of carboxylic acids is 1. The topological polar surface area (TPSA) is 53.8 Å². The monoisotopic (exact) mass is 249 g/mol. The molecule has 0 aliphatic carbocycles. The van der Waals surface area contributed by atoms with Crippen molar-refractivity contribution in [3.05, 3.63) is 29.8 Å². The van der Waals surface area contributed by atoms with Crippen LogP contribution in [0.1, 0.15) is 24.8 Å². The number of ether oxygens (including phenoxy) is 1. The Kier molecular flexibility index (Phi) is 4.20. The zero-order chi connectivity index (χ0) is 13.0. The molecule has 1 saturated heterocycles. The Morgan fingerprint density at radius 2 is 2.11 bits per heavy atom. The number of carbonyl (C=O) groups is 1. The van der Waals surface area contributed by atoms with Gasteiger partial charge in [-0.15, -0.1) is 0 Å². The Bertz CT molecular complexity index is 402. The normalized spacial score (nSPS) is 23.6. The number of hydrogen-bond donors (Lipinski definition) is 1. The number of benzene rings is 1. The number of nitrogens with one attached hydrogen (secondary N) is 1. The van der Waals surface area contributed by atoms with Gasteiger partial charge in [-0.2, -0.15) is 0 Å². The highest BCUT2D eigenvalue weighted by Gasteiger charge is 2.26. The van der Waals surface area contributed by atoms with Crippen molar-refractivity contribution in [1.29, 1.82) is 0 Å². The summed E-state index contributed by atoms with van der Waals surface area (Å²) in [6.45, 7) is 1.65. The summed E-state index contributed by atoms with van der Waals surface area (Å²) in [5.74, 6) is -0.0953. The standard InChI is InChI=1S/C14H19NO3/c1-18-12-7-5-11(6-8-12)10-15-9-3-2-4-13(15)14(16)17/h5-8,13H,2-4,9-10H2,1H3,(H,16,17)/t13-/m0/s1. The van der Waals surface area contributed by atoms with E-state index in [1.165, 1.54) is 0 Å². The lowest BCUT2D eigenvalue weighted by molar-refractivity contribution is -0.937. The van der Waals surface area contributed by atoms with Crippen LogP contribution in [0.4, 0.5) is 0 Å². The summed E-state index contributed by atoms with van der Waals surface area (Å²) in [4.78, 5) is 12.2. The Balaban J connectivity index is 2.03. The van der Waals surface area contributed by atoms with Gasteiger partial charge in [0.05, 0.1) is 19.6 Å². The Labute approximate surface area is 107 Å². The van der Waals surface area contributed by atoms with Gasteiger partial charge < -0.3 is 19.5 Å². The van der Waals surface area contributed by atoms with Gasteiger partial charge in [0.1, 0.15) is 18.3 Å². The first-order valence-corrected chi connectivity index (χ1v) is 6.39. The van der Waals surface area contributed by atoms with Gasteiger partial charge in [0.2, 0.25) is 0 Å². The maximum Gasteiger partial charge on any atom is 0.128 e. The van der Waals surface area contributed by atoms with Crippen LogP contribution in [-0.2, 0) is 11.3 Å². The van der Waals surface area contributed by atoms with Crippen molar-refractivity contribution in [3.63, 3.8) is 0 Å². The number of rotatable bonds is 4. The summed E-state index contributed by atoms with van der Waals surface area (Å²) in [5.41, 5.74) is 1.14. The van der Waals surface area contributed by atoms with Crippen molar-refractivity contribution >= 4 is 5.97 Å². The molecule has 0 amide bonds. The van der Waals surface area contributed by atoms with Crippen LogP contribution in [0, 0.1) is 0 Å². The summed E-state index contributed by atoms with van der Waals surface area (Å²) < 4.78 is 5.11. The van der Waals surface area contributed by atoms with E-state index in [0.717, 1.165) is 48.6 Å². The molecule has 1 aromatic carbocycles. The molecule has 4 heteroatoms. The number of likely N-dealkylation sites (tertiary alicyclic amines) is 1. The molecule has 0 saturated carbocycles. The molecule has 2 rings (SSSR count). The lowest BCUT2D eigenvalue weighted by Gasteiger charge is -2.33. The van der Waals surface area contributed by atoms with Crippen molar-refractivity contribution in [2.75, 3.05) is 13.7 Å². The highest BCUT2D eigenvalue weighted by molar-refractivity contribution is 5.69. The number of carbonyl (C=O) groups excluding carboxylic acids is 1. The Morgan fingerprint density at radius 3 is 2.72 bits per heavy atom. The number of methoxy groups -OCH3 is 1. The van der Waals surface area contributed by atoms with Gasteiger partial charge in [-0.05, 0) is 37.1 Å². The molecule has 98 valence electrons. The fourth-order valence-electron chi connectivity index (χ4n) is 2.58. The fourth-order valence-corrected chi connectivity index (χ4v) is 2.58. The minimum absolute atomic E-state index is 0.360. The SMILES string of the molecule is COc1ccc(C[NH+]2CCCC[C@H]2C(=O)[O-])cc1. The summed E-state index contributed by atoms with van der Waals surface area (Å²) in [7, 11) is 1.64. The maximum absolute atomic E-state index is 11.1. The first-order valence-electron chi connectivity index (χ1n) is 6.39. The number of hydrogen-bond acceptors (Lipinski definition) is 3. The second-order valence-electron chi connectivity index (χ2n) is 4.80. The molecule has 0 radical (unpaired) electrons. The van der Waals surface area contributed by atoms with Crippen molar-refractivity contribution in [2.24, 2.45) is 0 Å². The fraction of sp³-hybridized carbons (Fsp3) is 0.500. The van der Waals surface area contributed by atoms with Crippen LogP contribution in [-0.4, -0.2) is 25.7 Å². The summed E-state index contributed by atoms with van der Waals surface area (Å²) >= 11 is 0. The predicted molar refractivity (Wildman–Crippen MR) is 65.2 cm³/mol. The van der Waals surface area contributed by atoms with Gasteiger partial charge in [-0.1, -0.05) is 0 Å². The van der Waals surface area contributed by atoms with E-state index in [4.69, 9.17) is 4.74 Å². The number of aliphatic carboxylic acids is 1. The van der Waals surface area contributed by atoms with E-state index in [1.807, 2.05) is 24.3 Å². The molecule has 1 aromatic rings. The molecule has 4 nitrogen and oxygen atoms in total. The highest BCUT2D eigenvalue weighted by atomic mass is 16.5. The Morgan fingerprint density at radius 1 is 1.39 bits per heavy atom. The lowest BCUT2D eigenvalue weighted by atomic mass is 10.0.